The minimum Gasteiger partial charge on any atom is -0.300 e. The van der Waals surface area contributed by atoms with Crippen molar-refractivity contribution in [1.82, 2.24) is 4.98 Å². The zero-order valence-corrected chi connectivity index (χ0v) is 19.4. The molecule has 0 bridgehead atoms. The maximum Gasteiger partial charge on any atom is 0.416 e. The van der Waals surface area contributed by atoms with Crippen LogP contribution in [0.25, 0.3) is 21.0 Å². The van der Waals surface area contributed by atoms with E-state index >= 15 is 0 Å². The summed E-state index contributed by atoms with van der Waals surface area (Å²) in [6.45, 7) is 0. The van der Waals surface area contributed by atoms with Gasteiger partial charge >= 0.3 is 6.18 Å². The standard InChI is InChI=1S/C25H16F3N3O2S2/c26-25(27,28)16-12-13-18(23(32)30-24-29-19-9-3-4-10-21(19)34-24)20(14-16)31-35(33)22-11-5-7-15-6-1-2-8-17(15)22/h1-14,31H,(H,29,30,32). The van der Waals surface area contributed by atoms with E-state index in [-0.39, 0.29) is 11.3 Å². The van der Waals surface area contributed by atoms with Crippen molar-refractivity contribution < 1.29 is 22.2 Å². The number of carbonyl (C=O) groups excluding carboxylic acids is 1. The number of benzene rings is 4. The van der Waals surface area contributed by atoms with Gasteiger partial charge in [0, 0.05) is 0 Å². The second-order valence-electron chi connectivity index (χ2n) is 7.55. The van der Waals surface area contributed by atoms with Crippen LogP contribution < -0.4 is 10.0 Å². The van der Waals surface area contributed by atoms with E-state index in [4.69, 9.17) is 0 Å². The molecule has 176 valence electrons. The molecule has 1 heterocycles. The maximum atomic E-state index is 13.4. The number of aromatic nitrogens is 1. The molecule has 0 radical (unpaired) electrons. The maximum absolute atomic E-state index is 13.4. The first-order valence-electron chi connectivity index (χ1n) is 10.3. The van der Waals surface area contributed by atoms with Gasteiger partial charge in [-0.05, 0) is 47.2 Å². The van der Waals surface area contributed by atoms with Gasteiger partial charge in [-0.1, -0.05) is 59.9 Å². The third kappa shape index (κ3) is 4.75. The smallest absolute Gasteiger partial charge is 0.300 e. The van der Waals surface area contributed by atoms with E-state index in [1.54, 1.807) is 30.3 Å². The molecule has 10 heteroatoms. The van der Waals surface area contributed by atoms with Gasteiger partial charge in [0.2, 0.25) is 0 Å². The number of halogens is 3. The lowest BCUT2D eigenvalue weighted by Gasteiger charge is -2.15. The average molecular weight is 512 g/mol. The minimum absolute atomic E-state index is 0.0918. The first kappa shape index (κ1) is 23.0. The third-order valence-corrected chi connectivity index (χ3v) is 7.37. The third-order valence-electron chi connectivity index (χ3n) is 5.26. The normalized spacial score (nSPS) is 12.5. The number of para-hydroxylation sites is 1. The first-order valence-corrected chi connectivity index (χ1v) is 12.3. The van der Waals surface area contributed by atoms with Crippen LogP contribution in [0, 0.1) is 0 Å². The fraction of sp³-hybridized carbons (Fsp3) is 0.0400. The van der Waals surface area contributed by atoms with E-state index in [9.17, 15) is 22.2 Å². The predicted molar refractivity (Wildman–Crippen MR) is 133 cm³/mol. The second kappa shape index (κ2) is 9.12. The molecule has 35 heavy (non-hydrogen) atoms. The largest absolute Gasteiger partial charge is 0.416 e. The number of amides is 1. The highest BCUT2D eigenvalue weighted by atomic mass is 32.2. The SMILES string of the molecule is O=C(Nc1nc2ccccc2s1)c1ccc(C(F)(F)F)cc1NS(=O)c1cccc2ccccc12. The molecule has 1 amide bonds. The molecule has 2 N–H and O–H groups in total. The van der Waals surface area contributed by atoms with Gasteiger partial charge in [0.15, 0.2) is 16.1 Å². The molecule has 1 aromatic heterocycles. The molecule has 0 spiro atoms. The lowest BCUT2D eigenvalue weighted by molar-refractivity contribution is -0.137. The highest BCUT2D eigenvalue weighted by Crippen LogP contribution is 2.34. The Hall–Kier alpha value is -3.76. The molecule has 0 aliphatic heterocycles. The molecule has 0 saturated heterocycles. The average Bonchev–Trinajstić information content (AvgIpc) is 3.25. The summed E-state index contributed by atoms with van der Waals surface area (Å²) in [6, 6.07) is 22.4. The van der Waals surface area contributed by atoms with Crippen LogP contribution in [-0.4, -0.2) is 15.1 Å². The van der Waals surface area contributed by atoms with Gasteiger partial charge in [0.05, 0.1) is 31.9 Å². The monoisotopic (exact) mass is 511 g/mol. The van der Waals surface area contributed by atoms with Crippen LogP contribution in [-0.2, 0) is 17.2 Å². The van der Waals surface area contributed by atoms with Crippen LogP contribution in [0.4, 0.5) is 24.0 Å². The molecule has 0 aliphatic rings. The number of anilines is 2. The van der Waals surface area contributed by atoms with Crippen molar-refractivity contribution in [1.29, 1.82) is 0 Å². The van der Waals surface area contributed by atoms with E-state index < -0.39 is 28.6 Å². The van der Waals surface area contributed by atoms with Crippen molar-refractivity contribution in [2.75, 3.05) is 10.0 Å². The highest BCUT2D eigenvalue weighted by Gasteiger charge is 2.32. The number of carbonyl (C=O) groups is 1. The first-order chi connectivity index (χ1) is 16.8. The molecule has 0 fully saturated rings. The van der Waals surface area contributed by atoms with E-state index in [1.165, 1.54) is 11.3 Å². The molecule has 5 aromatic rings. The van der Waals surface area contributed by atoms with Crippen molar-refractivity contribution in [3.05, 3.63) is 96.1 Å². The predicted octanol–water partition coefficient (Wildman–Crippen LogP) is 6.86. The molecule has 4 aromatic carbocycles. The molecular formula is C25H16F3N3O2S2. The van der Waals surface area contributed by atoms with Crippen LogP contribution >= 0.6 is 11.3 Å². The lowest BCUT2D eigenvalue weighted by Crippen LogP contribution is -2.17. The van der Waals surface area contributed by atoms with Crippen molar-refractivity contribution in [3.8, 4) is 0 Å². The Balaban J connectivity index is 1.50. The van der Waals surface area contributed by atoms with E-state index in [0.717, 1.165) is 28.3 Å². The van der Waals surface area contributed by atoms with Crippen molar-refractivity contribution >= 4 is 60.0 Å². The Morgan fingerprint density at radius 1 is 0.914 bits per heavy atom. The van der Waals surface area contributed by atoms with Crippen LogP contribution in [0.15, 0.2) is 89.8 Å². The number of rotatable bonds is 5. The van der Waals surface area contributed by atoms with Crippen LogP contribution in [0.1, 0.15) is 15.9 Å². The summed E-state index contributed by atoms with van der Waals surface area (Å²) in [6.07, 6.45) is -4.64. The summed E-state index contributed by atoms with van der Waals surface area (Å²) in [5.41, 5.74) is -0.572. The lowest BCUT2D eigenvalue weighted by atomic mass is 10.1. The van der Waals surface area contributed by atoms with E-state index in [1.807, 2.05) is 36.4 Å². The fourth-order valence-electron chi connectivity index (χ4n) is 3.61. The molecule has 1 atom stereocenters. The van der Waals surface area contributed by atoms with Gasteiger partial charge in [-0.15, -0.1) is 0 Å². The molecule has 5 rings (SSSR count). The Bertz CT molecular complexity index is 1560. The highest BCUT2D eigenvalue weighted by molar-refractivity contribution is 7.86. The topological polar surface area (TPSA) is 71.1 Å². The molecular weight excluding hydrogens is 495 g/mol. The number of nitrogens with zero attached hydrogens (tertiary/aromatic N) is 1. The molecule has 0 aliphatic carbocycles. The van der Waals surface area contributed by atoms with E-state index in [2.05, 4.69) is 15.0 Å². The van der Waals surface area contributed by atoms with Crippen LogP contribution in [0.2, 0.25) is 0 Å². The number of nitrogens with one attached hydrogen (secondary N) is 2. The Labute approximate surface area is 204 Å². The summed E-state index contributed by atoms with van der Waals surface area (Å²) in [5, 5.41) is 4.46. The number of hydrogen-bond donors (Lipinski definition) is 2. The minimum atomic E-state index is -4.64. The molecule has 1 unspecified atom stereocenters. The van der Waals surface area contributed by atoms with Crippen LogP contribution in [0.5, 0.6) is 0 Å². The Morgan fingerprint density at radius 2 is 1.66 bits per heavy atom. The van der Waals surface area contributed by atoms with Gasteiger partial charge < -0.3 is 4.72 Å². The van der Waals surface area contributed by atoms with Crippen molar-refractivity contribution in [2.24, 2.45) is 0 Å². The molecule has 5 nitrogen and oxygen atoms in total. The van der Waals surface area contributed by atoms with Gasteiger partial charge in [-0.25, -0.2) is 9.19 Å². The van der Waals surface area contributed by atoms with Gasteiger partial charge in [0.25, 0.3) is 5.91 Å². The van der Waals surface area contributed by atoms with Gasteiger partial charge in [-0.3, -0.25) is 10.1 Å². The summed E-state index contributed by atoms with van der Waals surface area (Å²) < 4.78 is 57.0. The molecule has 0 saturated carbocycles. The quantitative estimate of drug-likeness (QED) is 0.271. The van der Waals surface area contributed by atoms with Crippen LogP contribution in [0.3, 0.4) is 0 Å². The fourth-order valence-corrected chi connectivity index (χ4v) is 5.53. The zero-order chi connectivity index (χ0) is 24.6. The summed E-state index contributed by atoms with van der Waals surface area (Å²) in [7, 11) is -1.94. The Kier molecular flexibility index (Phi) is 6.00. The zero-order valence-electron chi connectivity index (χ0n) is 17.8. The number of alkyl halides is 3. The number of hydrogen-bond acceptors (Lipinski definition) is 4. The number of fused-ring (bicyclic) bond motifs is 2. The van der Waals surface area contributed by atoms with Gasteiger partial charge in [-0.2, -0.15) is 13.2 Å². The van der Waals surface area contributed by atoms with Crippen molar-refractivity contribution in [2.45, 2.75) is 11.1 Å². The number of thiazole rings is 1. The Morgan fingerprint density at radius 3 is 2.46 bits per heavy atom. The second-order valence-corrected chi connectivity index (χ2v) is 9.76. The van der Waals surface area contributed by atoms with Gasteiger partial charge in [0.1, 0.15) is 0 Å². The summed E-state index contributed by atoms with van der Waals surface area (Å²) in [5.74, 6) is -0.671. The van der Waals surface area contributed by atoms with Crippen molar-refractivity contribution in [3.63, 3.8) is 0 Å². The van der Waals surface area contributed by atoms with E-state index in [0.29, 0.717) is 20.9 Å². The summed E-state index contributed by atoms with van der Waals surface area (Å²) >= 11 is 1.24. The summed E-state index contributed by atoms with van der Waals surface area (Å²) in [4.78, 5) is 17.8.